The average molecular weight is 252 g/mol. The molecule has 0 fully saturated rings. The molecule has 0 spiro atoms. The van der Waals surface area contributed by atoms with E-state index in [4.69, 9.17) is 0 Å². The largest absolute Gasteiger partial charge is 1.00 e. The molecule has 2 nitrogen and oxygen atoms in total. The first-order valence-electron chi connectivity index (χ1n) is 3.31. The van der Waals surface area contributed by atoms with Gasteiger partial charge in [0, 0.05) is 0 Å². The van der Waals surface area contributed by atoms with Crippen LogP contribution in [0.15, 0.2) is 18.7 Å². The van der Waals surface area contributed by atoms with Crippen LogP contribution in [0.25, 0.3) is 0 Å². The van der Waals surface area contributed by atoms with Gasteiger partial charge >= 0.3 is 0 Å². The standard InChI is InChI=1S/C7H12N2.HI/c1-7(2)5-9-4-3-8-6-9;/h3-4,6-7H,5H2,1-2H3;1H. The predicted molar refractivity (Wildman–Crippen MR) is 35.8 cm³/mol. The number of nitrogens with zero attached hydrogens (tertiary/aromatic N) is 1. The topological polar surface area (TPSA) is 19.7 Å². The van der Waals surface area contributed by atoms with E-state index in [9.17, 15) is 0 Å². The van der Waals surface area contributed by atoms with Crippen molar-refractivity contribution in [3.63, 3.8) is 0 Å². The SMILES string of the molecule is CC(C)C[n+]1cc[nH]c1.[I-]. The number of rotatable bonds is 2. The van der Waals surface area contributed by atoms with Crippen molar-refractivity contribution in [1.29, 1.82) is 0 Å². The van der Waals surface area contributed by atoms with Crippen molar-refractivity contribution in [1.82, 2.24) is 4.98 Å². The lowest BCUT2D eigenvalue weighted by Crippen LogP contribution is -3.00. The summed E-state index contributed by atoms with van der Waals surface area (Å²) >= 11 is 0. The van der Waals surface area contributed by atoms with Crippen molar-refractivity contribution >= 4 is 0 Å². The monoisotopic (exact) mass is 252 g/mol. The first-order valence-corrected chi connectivity index (χ1v) is 3.31. The van der Waals surface area contributed by atoms with Crippen molar-refractivity contribution in [2.24, 2.45) is 5.92 Å². The summed E-state index contributed by atoms with van der Waals surface area (Å²) in [5.41, 5.74) is 0. The fraction of sp³-hybridized carbons (Fsp3) is 0.571. The molecule has 0 radical (unpaired) electrons. The summed E-state index contributed by atoms with van der Waals surface area (Å²) in [6.45, 7) is 5.52. The fourth-order valence-electron chi connectivity index (χ4n) is 0.856. The molecule has 0 atom stereocenters. The molecule has 1 aromatic heterocycles. The summed E-state index contributed by atoms with van der Waals surface area (Å²) in [5, 5.41) is 0. The minimum absolute atomic E-state index is 0. The van der Waals surface area contributed by atoms with E-state index in [-0.39, 0.29) is 24.0 Å². The number of aromatic amines is 1. The highest BCUT2D eigenvalue weighted by Gasteiger charge is 1.98. The highest BCUT2D eigenvalue weighted by Crippen LogP contribution is 1.88. The first-order chi connectivity index (χ1) is 4.29. The molecule has 0 unspecified atom stereocenters. The normalized spacial score (nSPS) is 9.50. The number of nitrogens with one attached hydrogen (secondary N) is 1. The molecule has 0 aliphatic carbocycles. The van der Waals surface area contributed by atoms with Gasteiger partial charge in [0.2, 0.25) is 6.33 Å². The molecular formula is C7H13IN2. The molecule has 58 valence electrons. The summed E-state index contributed by atoms with van der Waals surface area (Å²) in [4.78, 5) is 3.00. The Morgan fingerprint density at radius 1 is 1.50 bits per heavy atom. The summed E-state index contributed by atoms with van der Waals surface area (Å²) < 4.78 is 2.14. The fourth-order valence-corrected chi connectivity index (χ4v) is 0.856. The summed E-state index contributed by atoms with van der Waals surface area (Å²) in [6.07, 6.45) is 5.95. The third-order valence-electron chi connectivity index (χ3n) is 1.18. The van der Waals surface area contributed by atoms with Gasteiger partial charge in [-0.2, -0.15) is 0 Å². The van der Waals surface area contributed by atoms with Crippen LogP contribution in [-0.2, 0) is 6.54 Å². The van der Waals surface area contributed by atoms with Crippen LogP contribution >= 0.6 is 0 Å². The van der Waals surface area contributed by atoms with E-state index in [1.54, 1.807) is 0 Å². The number of hydrogen-bond acceptors (Lipinski definition) is 0. The molecule has 0 bridgehead atoms. The number of imidazole rings is 1. The van der Waals surface area contributed by atoms with Crippen LogP contribution < -0.4 is 28.5 Å². The van der Waals surface area contributed by atoms with E-state index in [0.717, 1.165) is 12.5 Å². The quantitative estimate of drug-likeness (QED) is 0.462. The number of aromatic nitrogens is 2. The first kappa shape index (κ1) is 9.94. The van der Waals surface area contributed by atoms with Gasteiger partial charge in [0.15, 0.2) is 0 Å². The molecule has 3 heteroatoms. The minimum atomic E-state index is 0. The van der Waals surface area contributed by atoms with E-state index in [1.807, 2.05) is 18.7 Å². The maximum atomic E-state index is 3.00. The number of halogens is 1. The molecule has 0 saturated carbocycles. The van der Waals surface area contributed by atoms with Crippen LogP contribution in [0, 0.1) is 5.92 Å². The molecule has 0 aliphatic heterocycles. The van der Waals surface area contributed by atoms with Crippen molar-refractivity contribution in [2.75, 3.05) is 0 Å². The Morgan fingerprint density at radius 3 is 2.60 bits per heavy atom. The molecule has 0 amide bonds. The van der Waals surface area contributed by atoms with Gasteiger partial charge in [0.1, 0.15) is 12.4 Å². The van der Waals surface area contributed by atoms with E-state index in [1.165, 1.54) is 0 Å². The number of H-pyrrole nitrogens is 1. The van der Waals surface area contributed by atoms with Crippen LogP contribution in [0.1, 0.15) is 13.8 Å². The molecule has 10 heavy (non-hydrogen) atoms. The van der Waals surface area contributed by atoms with Crippen LogP contribution in [0.5, 0.6) is 0 Å². The molecule has 0 aromatic carbocycles. The zero-order valence-corrected chi connectivity index (χ0v) is 8.50. The van der Waals surface area contributed by atoms with Gasteiger partial charge in [-0.3, -0.25) is 4.98 Å². The van der Waals surface area contributed by atoms with Gasteiger partial charge in [0.25, 0.3) is 0 Å². The maximum Gasteiger partial charge on any atom is 0.241 e. The van der Waals surface area contributed by atoms with Crippen LogP contribution in [-0.4, -0.2) is 4.98 Å². The summed E-state index contributed by atoms with van der Waals surface area (Å²) in [6, 6.07) is 0. The predicted octanol–water partition coefficient (Wildman–Crippen LogP) is -2.04. The van der Waals surface area contributed by atoms with E-state index in [2.05, 4.69) is 23.4 Å². The Morgan fingerprint density at radius 2 is 2.20 bits per heavy atom. The molecule has 1 N–H and O–H groups in total. The lowest BCUT2D eigenvalue weighted by atomic mass is 10.2. The Balaban J connectivity index is 0.000000810. The molecule has 1 heterocycles. The van der Waals surface area contributed by atoms with Crippen molar-refractivity contribution in [3.05, 3.63) is 18.7 Å². The van der Waals surface area contributed by atoms with Gasteiger partial charge < -0.3 is 24.0 Å². The number of hydrogen-bond donors (Lipinski definition) is 1. The summed E-state index contributed by atoms with van der Waals surface area (Å²) in [5.74, 6) is 0.728. The second-order valence-corrected chi connectivity index (χ2v) is 2.70. The second kappa shape index (κ2) is 4.71. The van der Waals surface area contributed by atoms with Gasteiger partial charge in [-0.15, -0.1) is 0 Å². The van der Waals surface area contributed by atoms with Crippen molar-refractivity contribution < 1.29 is 28.5 Å². The Labute approximate surface area is 78.7 Å². The van der Waals surface area contributed by atoms with Gasteiger partial charge in [-0.25, -0.2) is 4.57 Å². The highest BCUT2D eigenvalue weighted by atomic mass is 127. The van der Waals surface area contributed by atoms with E-state index in [0.29, 0.717) is 0 Å². The van der Waals surface area contributed by atoms with Crippen molar-refractivity contribution in [2.45, 2.75) is 20.4 Å². The lowest BCUT2D eigenvalue weighted by molar-refractivity contribution is -0.701. The Kier molecular flexibility index (Phi) is 4.68. The van der Waals surface area contributed by atoms with Crippen LogP contribution in [0.4, 0.5) is 0 Å². The second-order valence-electron chi connectivity index (χ2n) is 2.70. The van der Waals surface area contributed by atoms with Gasteiger partial charge in [-0.05, 0) is 5.92 Å². The Bertz CT molecular complexity index is 158. The lowest BCUT2D eigenvalue weighted by Gasteiger charge is -1.97. The maximum absolute atomic E-state index is 3.00. The van der Waals surface area contributed by atoms with Gasteiger partial charge in [0.05, 0.1) is 6.54 Å². The van der Waals surface area contributed by atoms with Crippen LogP contribution in [0.3, 0.4) is 0 Å². The minimum Gasteiger partial charge on any atom is -1.00 e. The smallest absolute Gasteiger partial charge is 0.241 e. The molecular weight excluding hydrogens is 239 g/mol. The molecule has 0 saturated heterocycles. The van der Waals surface area contributed by atoms with Gasteiger partial charge in [-0.1, -0.05) is 13.8 Å². The molecule has 1 aromatic rings. The summed E-state index contributed by atoms with van der Waals surface area (Å²) in [7, 11) is 0. The zero-order chi connectivity index (χ0) is 6.69. The molecule has 1 rings (SSSR count). The Hall–Kier alpha value is -0.0600. The third-order valence-corrected chi connectivity index (χ3v) is 1.18. The van der Waals surface area contributed by atoms with E-state index >= 15 is 0 Å². The zero-order valence-electron chi connectivity index (χ0n) is 6.34. The average Bonchev–Trinajstić information content (AvgIpc) is 2.15. The highest BCUT2D eigenvalue weighted by molar-refractivity contribution is 4.55. The van der Waals surface area contributed by atoms with E-state index < -0.39 is 0 Å². The van der Waals surface area contributed by atoms with Crippen molar-refractivity contribution in [3.8, 4) is 0 Å². The van der Waals surface area contributed by atoms with Crippen LogP contribution in [0.2, 0.25) is 0 Å². The third kappa shape index (κ3) is 3.20. The molecule has 0 aliphatic rings.